The van der Waals surface area contributed by atoms with Crippen LogP contribution in [0.2, 0.25) is 0 Å². The molecule has 0 bridgehead atoms. The minimum Gasteiger partial charge on any atom is -0.399 e. The van der Waals surface area contributed by atoms with Crippen LogP contribution in [0.3, 0.4) is 0 Å². The van der Waals surface area contributed by atoms with Gasteiger partial charge in [0.25, 0.3) is 0 Å². The zero-order valence-electron chi connectivity index (χ0n) is 24.3. The van der Waals surface area contributed by atoms with Gasteiger partial charge >= 0.3 is 0 Å². The van der Waals surface area contributed by atoms with Crippen molar-refractivity contribution in [2.45, 2.75) is 26.2 Å². The highest BCUT2D eigenvalue weighted by atomic mass is 16.3. The molecular formula is C37H42N2O3. The van der Waals surface area contributed by atoms with Crippen molar-refractivity contribution in [2.75, 3.05) is 30.5 Å². The monoisotopic (exact) mass is 562 g/mol. The molecule has 0 amide bonds. The molecule has 5 N–H and O–H groups in total. The molecule has 0 aliphatic heterocycles. The molecule has 0 aliphatic carbocycles. The molecule has 0 heterocycles. The van der Waals surface area contributed by atoms with Crippen molar-refractivity contribution in [3.63, 3.8) is 0 Å². The van der Waals surface area contributed by atoms with Crippen molar-refractivity contribution in [3.05, 3.63) is 156 Å². The van der Waals surface area contributed by atoms with Gasteiger partial charge in [-0.15, -0.1) is 0 Å². The van der Waals surface area contributed by atoms with Gasteiger partial charge in [0.05, 0.1) is 0 Å². The van der Waals surface area contributed by atoms with Crippen LogP contribution in [-0.2, 0) is 19.3 Å². The lowest BCUT2D eigenvalue weighted by Crippen LogP contribution is -2.10. The van der Waals surface area contributed by atoms with Crippen LogP contribution in [0, 0.1) is 6.92 Å². The number of aliphatic hydroxyl groups is 3. The topological polar surface area (TPSA) is 90.0 Å². The summed E-state index contributed by atoms with van der Waals surface area (Å²) in [6, 6.07) is 44.5. The molecule has 0 saturated heterocycles. The van der Waals surface area contributed by atoms with Crippen molar-refractivity contribution < 1.29 is 15.3 Å². The summed E-state index contributed by atoms with van der Waals surface area (Å²) in [4.78, 5) is 2.20. The highest BCUT2D eigenvalue weighted by molar-refractivity contribution is 5.76. The first-order valence-corrected chi connectivity index (χ1v) is 14.3. The average molecular weight is 563 g/mol. The van der Waals surface area contributed by atoms with Crippen molar-refractivity contribution in [3.8, 4) is 0 Å². The Morgan fingerprint density at radius 2 is 0.786 bits per heavy atom. The van der Waals surface area contributed by atoms with E-state index >= 15 is 0 Å². The van der Waals surface area contributed by atoms with E-state index in [2.05, 4.69) is 84.6 Å². The van der Waals surface area contributed by atoms with Gasteiger partial charge in [-0.1, -0.05) is 90.5 Å². The Morgan fingerprint density at radius 3 is 1.12 bits per heavy atom. The summed E-state index contributed by atoms with van der Waals surface area (Å²) in [7, 11) is 0. The molecule has 218 valence electrons. The molecule has 0 saturated carbocycles. The fourth-order valence-corrected chi connectivity index (χ4v) is 4.24. The summed E-state index contributed by atoms with van der Waals surface area (Å²) < 4.78 is 0. The average Bonchev–Trinajstić information content (AvgIpc) is 3.02. The summed E-state index contributed by atoms with van der Waals surface area (Å²) >= 11 is 0. The predicted octanol–water partition coefficient (Wildman–Crippen LogP) is 7.02. The molecule has 5 heteroatoms. The Bertz CT molecular complexity index is 1340. The number of aliphatic hydroxyl groups excluding tert-OH is 3. The SMILES string of the molecule is Cc1ccc(CCO)cc1.Nc1ccccc1.OCCc1ccc(N(c2ccccc2)c2ccc(CCO)cc2)cc1. The lowest BCUT2D eigenvalue weighted by Gasteiger charge is -2.25. The largest absolute Gasteiger partial charge is 0.399 e. The van der Waals surface area contributed by atoms with E-state index in [0.717, 1.165) is 40.3 Å². The van der Waals surface area contributed by atoms with Crippen molar-refractivity contribution in [1.29, 1.82) is 0 Å². The summed E-state index contributed by atoms with van der Waals surface area (Å²) in [5.41, 5.74) is 14.1. The zero-order chi connectivity index (χ0) is 30.0. The maximum Gasteiger partial charge on any atom is 0.0471 e. The van der Waals surface area contributed by atoms with E-state index in [1.165, 1.54) is 11.1 Å². The summed E-state index contributed by atoms with van der Waals surface area (Å²) in [6.45, 7) is 2.62. The molecule has 5 aromatic carbocycles. The van der Waals surface area contributed by atoms with Crippen LogP contribution in [0.25, 0.3) is 0 Å². The number of nitrogen functional groups attached to an aromatic ring is 1. The maximum absolute atomic E-state index is 9.10. The number of nitrogens with two attached hydrogens (primary N) is 1. The third-order valence-corrected chi connectivity index (χ3v) is 6.53. The van der Waals surface area contributed by atoms with Crippen LogP contribution >= 0.6 is 0 Å². The molecule has 0 unspecified atom stereocenters. The van der Waals surface area contributed by atoms with E-state index in [-0.39, 0.29) is 19.8 Å². The number of anilines is 4. The highest BCUT2D eigenvalue weighted by Gasteiger charge is 2.12. The van der Waals surface area contributed by atoms with E-state index < -0.39 is 0 Å². The maximum atomic E-state index is 9.10. The number of hydrogen-bond acceptors (Lipinski definition) is 5. The fraction of sp³-hybridized carbons (Fsp3) is 0.189. The fourth-order valence-electron chi connectivity index (χ4n) is 4.24. The Kier molecular flexibility index (Phi) is 13.8. The molecular weight excluding hydrogens is 520 g/mol. The quantitative estimate of drug-likeness (QED) is 0.145. The first-order valence-electron chi connectivity index (χ1n) is 14.3. The van der Waals surface area contributed by atoms with Gasteiger partial charge in [0, 0.05) is 42.6 Å². The number of nitrogens with zero attached hydrogens (tertiary/aromatic N) is 1. The van der Waals surface area contributed by atoms with Gasteiger partial charge in [0.1, 0.15) is 0 Å². The molecule has 42 heavy (non-hydrogen) atoms. The Labute approximate surface area is 250 Å². The second-order valence-electron chi connectivity index (χ2n) is 9.82. The van der Waals surface area contributed by atoms with Gasteiger partial charge in [-0.05, 0) is 91.4 Å². The second kappa shape index (κ2) is 18.1. The first-order chi connectivity index (χ1) is 20.5. The molecule has 0 radical (unpaired) electrons. The molecule has 0 atom stereocenters. The number of hydrogen-bond donors (Lipinski definition) is 4. The second-order valence-corrected chi connectivity index (χ2v) is 9.82. The molecule has 0 aromatic heterocycles. The van der Waals surface area contributed by atoms with Crippen LogP contribution in [-0.4, -0.2) is 35.1 Å². The van der Waals surface area contributed by atoms with Gasteiger partial charge in [0.15, 0.2) is 0 Å². The summed E-state index contributed by atoms with van der Waals surface area (Å²) in [5, 5.41) is 26.8. The normalized spacial score (nSPS) is 10.1. The van der Waals surface area contributed by atoms with E-state index in [1.54, 1.807) is 0 Å². The Balaban J connectivity index is 0.000000231. The van der Waals surface area contributed by atoms with Crippen LogP contribution in [0.4, 0.5) is 22.7 Å². The molecule has 5 rings (SSSR count). The third-order valence-electron chi connectivity index (χ3n) is 6.53. The van der Waals surface area contributed by atoms with E-state index in [1.807, 2.05) is 60.7 Å². The molecule has 5 aromatic rings. The van der Waals surface area contributed by atoms with Gasteiger partial charge < -0.3 is 26.0 Å². The van der Waals surface area contributed by atoms with Crippen molar-refractivity contribution >= 4 is 22.7 Å². The molecule has 0 aliphatic rings. The van der Waals surface area contributed by atoms with E-state index in [9.17, 15) is 0 Å². The standard InChI is InChI=1S/C22H23NO2.C9H12O.C6H7N/c24-16-14-18-6-10-21(11-7-18)23(20-4-2-1-3-5-20)22-12-8-19(9-13-22)15-17-25;1-8-2-4-9(5-3-8)6-7-10;7-6-4-2-1-3-5-6/h1-13,24-25H,14-17H2;2-5,10H,6-7H2,1H3;1-5H,7H2. The lowest BCUT2D eigenvalue weighted by atomic mass is 10.1. The smallest absolute Gasteiger partial charge is 0.0471 e. The van der Waals surface area contributed by atoms with Crippen LogP contribution in [0.15, 0.2) is 133 Å². The van der Waals surface area contributed by atoms with Crippen LogP contribution in [0.5, 0.6) is 0 Å². The number of aryl methyl sites for hydroxylation is 1. The predicted molar refractivity (Wildman–Crippen MR) is 176 cm³/mol. The zero-order valence-corrected chi connectivity index (χ0v) is 24.3. The van der Waals surface area contributed by atoms with E-state index in [0.29, 0.717) is 12.8 Å². The third kappa shape index (κ3) is 10.9. The van der Waals surface area contributed by atoms with Crippen molar-refractivity contribution in [1.82, 2.24) is 0 Å². The Hall–Kier alpha value is -4.42. The summed E-state index contributed by atoms with van der Waals surface area (Å²) in [6.07, 6.45) is 2.10. The molecule has 0 fully saturated rings. The van der Waals surface area contributed by atoms with Crippen LogP contribution < -0.4 is 10.6 Å². The molecule has 0 spiro atoms. The minimum absolute atomic E-state index is 0.161. The molecule has 5 nitrogen and oxygen atoms in total. The highest BCUT2D eigenvalue weighted by Crippen LogP contribution is 2.34. The number of benzene rings is 5. The van der Waals surface area contributed by atoms with Gasteiger partial charge in [0.2, 0.25) is 0 Å². The number of rotatable bonds is 9. The van der Waals surface area contributed by atoms with E-state index in [4.69, 9.17) is 21.1 Å². The van der Waals surface area contributed by atoms with Gasteiger partial charge in [-0.2, -0.15) is 0 Å². The van der Waals surface area contributed by atoms with Crippen molar-refractivity contribution in [2.24, 2.45) is 0 Å². The Morgan fingerprint density at radius 1 is 0.452 bits per heavy atom. The van der Waals surface area contributed by atoms with Crippen LogP contribution in [0.1, 0.15) is 22.3 Å². The van der Waals surface area contributed by atoms with Gasteiger partial charge in [-0.3, -0.25) is 0 Å². The summed E-state index contributed by atoms with van der Waals surface area (Å²) in [5.74, 6) is 0. The first kappa shape index (κ1) is 32.1. The lowest BCUT2D eigenvalue weighted by molar-refractivity contribution is 0.299. The minimum atomic E-state index is 0.161. The van der Waals surface area contributed by atoms with Gasteiger partial charge in [-0.25, -0.2) is 0 Å². The number of para-hydroxylation sites is 2.